The third kappa shape index (κ3) is 3.68. The van der Waals surface area contributed by atoms with Gasteiger partial charge in [0.25, 0.3) is 5.56 Å². The molecular weight excluding hydrogens is 411 g/mol. The van der Waals surface area contributed by atoms with Gasteiger partial charge in [-0.05, 0) is 46.4 Å². The summed E-state index contributed by atoms with van der Waals surface area (Å²) in [4.78, 5) is 27.9. The maximum Gasteiger partial charge on any atom is 0.420 e. The van der Waals surface area contributed by atoms with Gasteiger partial charge in [-0.1, -0.05) is 24.3 Å². The van der Waals surface area contributed by atoms with Gasteiger partial charge in [-0.2, -0.15) is 13.2 Å². The van der Waals surface area contributed by atoms with Crippen molar-refractivity contribution in [2.75, 3.05) is 13.7 Å². The van der Waals surface area contributed by atoms with Crippen molar-refractivity contribution in [3.8, 4) is 28.0 Å². The molecule has 0 unspecified atom stereocenters. The van der Waals surface area contributed by atoms with Crippen molar-refractivity contribution in [1.29, 1.82) is 0 Å². The largest absolute Gasteiger partial charge is 0.495 e. The van der Waals surface area contributed by atoms with Gasteiger partial charge in [0.15, 0.2) is 0 Å². The Kier molecular flexibility index (Phi) is 5.06. The minimum Gasteiger partial charge on any atom is -0.495 e. The van der Waals surface area contributed by atoms with E-state index in [-0.39, 0.29) is 22.4 Å². The summed E-state index contributed by atoms with van der Waals surface area (Å²) in [5, 5.41) is 0. The summed E-state index contributed by atoms with van der Waals surface area (Å²) in [6, 6.07) is 7.61. The fourth-order valence-corrected chi connectivity index (χ4v) is 3.83. The van der Waals surface area contributed by atoms with Gasteiger partial charge < -0.3 is 15.5 Å². The highest BCUT2D eigenvalue weighted by Gasteiger charge is 2.36. The van der Waals surface area contributed by atoms with E-state index < -0.39 is 23.0 Å². The first-order valence-corrected chi connectivity index (χ1v) is 9.37. The summed E-state index contributed by atoms with van der Waals surface area (Å²) in [5.74, 6) is -0.345. The number of hydrogen-bond acceptors (Lipinski definition) is 4. The van der Waals surface area contributed by atoms with E-state index in [1.807, 2.05) is 17.1 Å². The Morgan fingerprint density at radius 1 is 1.06 bits per heavy atom. The Morgan fingerprint density at radius 2 is 1.84 bits per heavy atom. The Hall–Kier alpha value is -3.59. The normalized spacial score (nSPS) is 13.1. The van der Waals surface area contributed by atoms with Gasteiger partial charge in [0.2, 0.25) is 0 Å². The van der Waals surface area contributed by atoms with E-state index >= 15 is 0 Å². The zero-order chi connectivity index (χ0) is 22.3. The molecule has 160 valence electrons. The molecule has 31 heavy (non-hydrogen) atoms. The highest BCUT2D eigenvalue weighted by molar-refractivity contribution is 5.83. The van der Waals surface area contributed by atoms with Crippen molar-refractivity contribution < 1.29 is 17.9 Å². The molecule has 0 saturated heterocycles. The summed E-state index contributed by atoms with van der Waals surface area (Å²) in [6.07, 6.45) is -1.02. The number of aromatic nitrogens is 2. The number of rotatable bonds is 4. The summed E-state index contributed by atoms with van der Waals surface area (Å²) in [6.45, 7) is 0.373. The second-order valence-electron chi connectivity index (χ2n) is 7.10. The van der Waals surface area contributed by atoms with Crippen LogP contribution in [0.4, 0.5) is 13.2 Å². The second-order valence-corrected chi connectivity index (χ2v) is 7.10. The average molecular weight is 429 g/mol. The second kappa shape index (κ2) is 7.59. The fraction of sp³-hybridized carbons (Fsp3) is 0.182. The molecular formula is C22H18F3N3O3. The van der Waals surface area contributed by atoms with Crippen molar-refractivity contribution >= 4 is 5.57 Å². The van der Waals surface area contributed by atoms with Crippen LogP contribution in [0.2, 0.25) is 0 Å². The first-order chi connectivity index (χ1) is 14.7. The lowest BCUT2D eigenvalue weighted by Crippen LogP contribution is -2.22. The number of benzene rings is 2. The quantitative estimate of drug-likeness (QED) is 0.592. The van der Waals surface area contributed by atoms with Crippen LogP contribution in [0.5, 0.6) is 5.75 Å². The van der Waals surface area contributed by atoms with Crippen LogP contribution < -0.4 is 21.7 Å². The third-order valence-electron chi connectivity index (χ3n) is 5.28. The molecule has 2 aromatic carbocycles. The number of ether oxygens (including phenoxy) is 1. The van der Waals surface area contributed by atoms with Crippen LogP contribution >= 0.6 is 0 Å². The topological polar surface area (TPSA) is 101 Å². The lowest BCUT2D eigenvalue weighted by atomic mass is 9.93. The molecule has 1 heterocycles. The summed E-state index contributed by atoms with van der Waals surface area (Å²) >= 11 is 0. The molecule has 0 saturated carbocycles. The molecule has 0 atom stereocenters. The zero-order valence-electron chi connectivity index (χ0n) is 16.4. The molecule has 0 radical (unpaired) electrons. The van der Waals surface area contributed by atoms with Crippen LogP contribution in [0.1, 0.15) is 16.7 Å². The maximum atomic E-state index is 13.9. The van der Waals surface area contributed by atoms with E-state index in [0.29, 0.717) is 18.5 Å². The average Bonchev–Trinajstić information content (AvgIpc) is 3.14. The summed E-state index contributed by atoms with van der Waals surface area (Å²) in [7, 11) is 1.17. The minimum atomic E-state index is -4.73. The Morgan fingerprint density at radius 3 is 2.48 bits per heavy atom. The number of alkyl halides is 3. The van der Waals surface area contributed by atoms with Crippen LogP contribution in [-0.4, -0.2) is 23.6 Å². The molecule has 0 amide bonds. The lowest BCUT2D eigenvalue weighted by molar-refractivity contribution is -0.138. The number of nitrogens with two attached hydrogens (primary N) is 1. The van der Waals surface area contributed by atoms with Crippen molar-refractivity contribution in [2.24, 2.45) is 5.73 Å². The van der Waals surface area contributed by atoms with Crippen LogP contribution in [0, 0.1) is 0 Å². The molecule has 0 spiro atoms. The van der Waals surface area contributed by atoms with Crippen LogP contribution in [0.25, 0.3) is 27.8 Å². The number of methoxy groups -OCH3 is 1. The number of halogens is 3. The number of hydrogen-bond donors (Lipinski definition) is 3. The number of H-pyrrole nitrogens is 2. The molecule has 6 nitrogen and oxygen atoms in total. The SMILES string of the molecule is COc1c(-c2ccc3c(c2)CC=C3CN)cc(-c2c[nH]c(=O)[nH]c2=O)cc1C(F)(F)F. The number of allylic oxidation sites excluding steroid dienone is 1. The molecule has 9 heteroatoms. The van der Waals surface area contributed by atoms with E-state index in [0.717, 1.165) is 29.0 Å². The molecule has 4 rings (SSSR count). The van der Waals surface area contributed by atoms with Crippen molar-refractivity contribution in [3.63, 3.8) is 0 Å². The van der Waals surface area contributed by atoms with Gasteiger partial charge in [0.1, 0.15) is 5.75 Å². The molecule has 1 aliphatic carbocycles. The van der Waals surface area contributed by atoms with E-state index in [2.05, 4.69) is 4.98 Å². The maximum absolute atomic E-state index is 13.9. The smallest absolute Gasteiger partial charge is 0.420 e. The van der Waals surface area contributed by atoms with Gasteiger partial charge in [0, 0.05) is 18.3 Å². The molecule has 1 aromatic heterocycles. The Balaban J connectivity index is 1.97. The summed E-state index contributed by atoms with van der Waals surface area (Å²) in [5.41, 5.74) is 6.68. The standard InChI is InChI=1S/C22H18F3N3O3/c1-31-19-16(12-4-5-15-11(6-12)2-3-13(15)9-26)7-14(8-18(19)22(23,24)25)17-10-27-21(30)28-20(17)29/h3-8,10H,2,9,26H2,1H3,(H2,27,28,29,30). The van der Waals surface area contributed by atoms with Crippen molar-refractivity contribution in [3.05, 3.63) is 80.1 Å². The Bertz CT molecular complexity index is 1320. The van der Waals surface area contributed by atoms with Gasteiger partial charge in [0.05, 0.1) is 18.2 Å². The van der Waals surface area contributed by atoms with E-state index in [4.69, 9.17) is 10.5 Å². The van der Waals surface area contributed by atoms with Crippen LogP contribution in [0.15, 0.2) is 52.2 Å². The highest BCUT2D eigenvalue weighted by Crippen LogP contribution is 2.45. The highest BCUT2D eigenvalue weighted by atomic mass is 19.4. The predicted octanol–water partition coefficient (Wildman–Crippen LogP) is 3.32. The van der Waals surface area contributed by atoms with Gasteiger partial charge in [-0.25, -0.2) is 4.79 Å². The van der Waals surface area contributed by atoms with Crippen LogP contribution in [0.3, 0.4) is 0 Å². The van der Waals surface area contributed by atoms with Gasteiger partial charge >= 0.3 is 11.9 Å². The zero-order valence-corrected chi connectivity index (χ0v) is 16.4. The van der Waals surface area contributed by atoms with Crippen LogP contribution in [-0.2, 0) is 12.6 Å². The first-order valence-electron chi connectivity index (χ1n) is 9.37. The third-order valence-corrected chi connectivity index (χ3v) is 5.28. The minimum absolute atomic E-state index is 0.00176. The monoisotopic (exact) mass is 429 g/mol. The molecule has 0 fully saturated rings. The Labute approximate surface area is 174 Å². The number of nitrogens with one attached hydrogen (secondary N) is 2. The number of aromatic amines is 2. The summed E-state index contributed by atoms with van der Waals surface area (Å²) < 4.78 is 46.7. The predicted molar refractivity (Wildman–Crippen MR) is 111 cm³/mol. The van der Waals surface area contributed by atoms with E-state index in [1.54, 1.807) is 12.1 Å². The molecule has 0 bridgehead atoms. The van der Waals surface area contributed by atoms with Gasteiger partial charge in [-0.15, -0.1) is 0 Å². The van der Waals surface area contributed by atoms with Crippen molar-refractivity contribution in [2.45, 2.75) is 12.6 Å². The lowest BCUT2D eigenvalue weighted by Gasteiger charge is -2.18. The fourth-order valence-electron chi connectivity index (χ4n) is 3.83. The molecule has 3 aromatic rings. The molecule has 1 aliphatic rings. The number of fused-ring (bicyclic) bond motifs is 1. The molecule has 4 N–H and O–H groups in total. The first kappa shape index (κ1) is 20.7. The molecule has 0 aliphatic heterocycles. The van der Waals surface area contributed by atoms with Gasteiger partial charge in [-0.3, -0.25) is 9.78 Å². The van der Waals surface area contributed by atoms with E-state index in [1.165, 1.54) is 13.2 Å². The van der Waals surface area contributed by atoms with E-state index in [9.17, 15) is 22.8 Å². The van der Waals surface area contributed by atoms with Crippen molar-refractivity contribution in [1.82, 2.24) is 9.97 Å².